The summed E-state index contributed by atoms with van der Waals surface area (Å²) in [7, 11) is 0. The van der Waals surface area contributed by atoms with Gasteiger partial charge in [-0.2, -0.15) is 5.10 Å². The third-order valence-corrected chi connectivity index (χ3v) is 5.02. The molecule has 150 valence electrons. The van der Waals surface area contributed by atoms with Crippen molar-refractivity contribution in [2.45, 2.75) is 6.54 Å². The van der Waals surface area contributed by atoms with Crippen LogP contribution in [0, 0.1) is 0 Å². The molecule has 3 heterocycles. The standard InChI is InChI=1S/C21H17ClN6O2/c22-16-9-14(26-21-20-17(23-12-24-21)5-6-28(20)7-8-29)2-4-19(16)30-15-3-1-13-11-25-27-18(13)10-15/h1-6,9-12,29H,7-8H2,(H,25,27)(H,23,24,26). The number of fused-ring (bicyclic) bond motifs is 2. The summed E-state index contributed by atoms with van der Waals surface area (Å²) < 4.78 is 7.84. The zero-order valence-electron chi connectivity index (χ0n) is 15.7. The van der Waals surface area contributed by atoms with E-state index in [1.165, 1.54) is 6.33 Å². The number of benzene rings is 2. The van der Waals surface area contributed by atoms with E-state index >= 15 is 0 Å². The van der Waals surface area contributed by atoms with Crippen LogP contribution in [0.1, 0.15) is 0 Å². The van der Waals surface area contributed by atoms with Crippen LogP contribution in [0.3, 0.4) is 0 Å². The third kappa shape index (κ3) is 3.42. The van der Waals surface area contributed by atoms with E-state index in [2.05, 4.69) is 25.5 Å². The van der Waals surface area contributed by atoms with Crippen molar-refractivity contribution in [3.8, 4) is 11.5 Å². The summed E-state index contributed by atoms with van der Waals surface area (Å²) in [6.45, 7) is 0.486. The number of aromatic nitrogens is 5. The number of hydrogen-bond acceptors (Lipinski definition) is 6. The first kappa shape index (κ1) is 18.4. The Balaban J connectivity index is 1.41. The zero-order chi connectivity index (χ0) is 20.5. The molecule has 3 N–H and O–H groups in total. The Hall–Kier alpha value is -3.62. The van der Waals surface area contributed by atoms with Gasteiger partial charge in [0, 0.05) is 29.9 Å². The van der Waals surface area contributed by atoms with E-state index in [1.807, 2.05) is 41.1 Å². The fourth-order valence-corrected chi connectivity index (χ4v) is 3.54. The number of nitrogens with one attached hydrogen (secondary N) is 2. The van der Waals surface area contributed by atoms with Crippen molar-refractivity contribution in [1.29, 1.82) is 0 Å². The molecule has 0 saturated carbocycles. The minimum Gasteiger partial charge on any atom is -0.456 e. The second-order valence-corrected chi connectivity index (χ2v) is 7.09. The molecule has 0 spiro atoms. The number of hydrogen-bond donors (Lipinski definition) is 3. The van der Waals surface area contributed by atoms with Gasteiger partial charge in [-0.15, -0.1) is 0 Å². The van der Waals surface area contributed by atoms with Gasteiger partial charge >= 0.3 is 0 Å². The van der Waals surface area contributed by atoms with Gasteiger partial charge in [0.1, 0.15) is 23.3 Å². The van der Waals surface area contributed by atoms with Gasteiger partial charge in [-0.05, 0) is 36.4 Å². The molecule has 30 heavy (non-hydrogen) atoms. The maximum absolute atomic E-state index is 9.29. The molecule has 3 aromatic heterocycles. The fourth-order valence-electron chi connectivity index (χ4n) is 3.32. The van der Waals surface area contributed by atoms with E-state index in [-0.39, 0.29) is 6.61 Å². The molecule has 2 aromatic carbocycles. The largest absolute Gasteiger partial charge is 0.456 e. The lowest BCUT2D eigenvalue weighted by atomic mass is 10.2. The molecule has 0 aliphatic rings. The lowest BCUT2D eigenvalue weighted by Crippen LogP contribution is -2.04. The molecule has 9 heteroatoms. The fraction of sp³-hybridized carbons (Fsp3) is 0.0952. The lowest BCUT2D eigenvalue weighted by molar-refractivity contribution is 0.278. The first-order valence-corrected chi connectivity index (χ1v) is 9.67. The topological polar surface area (TPSA) is 101 Å². The SMILES string of the molecule is OCCn1ccc2ncnc(Nc3ccc(Oc4ccc5cn[nH]c5c4)c(Cl)c3)c21. The summed E-state index contributed by atoms with van der Waals surface area (Å²) in [5.41, 5.74) is 3.26. The molecule has 0 radical (unpaired) electrons. The number of aliphatic hydroxyl groups is 1. The third-order valence-electron chi connectivity index (χ3n) is 4.73. The number of aliphatic hydroxyl groups excluding tert-OH is 1. The van der Waals surface area contributed by atoms with Gasteiger partial charge < -0.3 is 19.7 Å². The van der Waals surface area contributed by atoms with Gasteiger partial charge in [0.2, 0.25) is 0 Å². The highest BCUT2D eigenvalue weighted by atomic mass is 35.5. The Morgan fingerprint density at radius 1 is 1.13 bits per heavy atom. The minimum absolute atomic E-state index is 0.0281. The Morgan fingerprint density at radius 3 is 2.93 bits per heavy atom. The molecule has 0 saturated heterocycles. The number of anilines is 2. The second-order valence-electron chi connectivity index (χ2n) is 6.68. The average Bonchev–Trinajstić information content (AvgIpc) is 3.38. The molecule has 5 aromatic rings. The van der Waals surface area contributed by atoms with Crippen molar-refractivity contribution in [2.24, 2.45) is 0 Å². The van der Waals surface area contributed by atoms with Gasteiger partial charge in [0.25, 0.3) is 0 Å². The molecule has 5 rings (SSSR count). The first-order valence-electron chi connectivity index (χ1n) is 9.29. The van der Waals surface area contributed by atoms with Gasteiger partial charge in [0.05, 0.1) is 28.9 Å². The highest BCUT2D eigenvalue weighted by molar-refractivity contribution is 6.32. The van der Waals surface area contributed by atoms with Gasteiger partial charge in [0.15, 0.2) is 5.82 Å². The molecule has 0 bridgehead atoms. The number of nitrogens with zero attached hydrogens (tertiary/aromatic N) is 4. The van der Waals surface area contributed by atoms with E-state index in [0.717, 1.165) is 27.6 Å². The Bertz CT molecular complexity index is 1350. The summed E-state index contributed by atoms with van der Waals surface area (Å²) in [6, 6.07) is 13.0. The molecule has 0 atom stereocenters. The molecule has 0 amide bonds. The predicted molar refractivity (Wildman–Crippen MR) is 116 cm³/mol. The predicted octanol–water partition coefficient (Wildman–Crippen LogP) is 4.49. The molecule has 0 aliphatic carbocycles. The second kappa shape index (κ2) is 7.66. The van der Waals surface area contributed by atoms with Crippen LogP contribution in [-0.2, 0) is 6.54 Å². The smallest absolute Gasteiger partial charge is 0.158 e. The van der Waals surface area contributed by atoms with Crippen LogP contribution < -0.4 is 10.1 Å². The lowest BCUT2D eigenvalue weighted by Gasteiger charge is -2.12. The van der Waals surface area contributed by atoms with Crippen LogP contribution in [0.2, 0.25) is 5.02 Å². The molecular weight excluding hydrogens is 404 g/mol. The Labute approximate surface area is 176 Å². The Kier molecular flexibility index (Phi) is 4.70. The van der Waals surface area contributed by atoms with Crippen LogP contribution in [0.15, 0.2) is 61.2 Å². The van der Waals surface area contributed by atoms with Crippen molar-refractivity contribution < 1.29 is 9.84 Å². The van der Waals surface area contributed by atoms with Crippen molar-refractivity contribution in [1.82, 2.24) is 24.7 Å². The van der Waals surface area contributed by atoms with Crippen LogP contribution in [0.5, 0.6) is 11.5 Å². The molecule has 8 nitrogen and oxygen atoms in total. The van der Waals surface area contributed by atoms with E-state index in [9.17, 15) is 5.11 Å². The van der Waals surface area contributed by atoms with Crippen LogP contribution in [0.4, 0.5) is 11.5 Å². The van der Waals surface area contributed by atoms with Crippen LogP contribution in [-0.4, -0.2) is 36.4 Å². The molecule has 0 unspecified atom stereocenters. The number of rotatable bonds is 6. The van der Waals surface area contributed by atoms with Gasteiger partial charge in [-0.25, -0.2) is 9.97 Å². The summed E-state index contributed by atoms with van der Waals surface area (Å²) in [5, 5.41) is 21.0. The monoisotopic (exact) mass is 420 g/mol. The summed E-state index contributed by atoms with van der Waals surface area (Å²) in [5.74, 6) is 1.83. The quantitative estimate of drug-likeness (QED) is 0.374. The van der Waals surface area contributed by atoms with E-state index in [0.29, 0.717) is 28.9 Å². The van der Waals surface area contributed by atoms with Crippen molar-refractivity contribution in [3.05, 3.63) is 66.2 Å². The van der Waals surface area contributed by atoms with Gasteiger partial charge in [-0.1, -0.05) is 11.6 Å². The van der Waals surface area contributed by atoms with Gasteiger partial charge in [-0.3, -0.25) is 5.10 Å². The van der Waals surface area contributed by atoms with Crippen LogP contribution in [0.25, 0.3) is 21.9 Å². The van der Waals surface area contributed by atoms with Crippen molar-refractivity contribution in [2.75, 3.05) is 11.9 Å². The van der Waals surface area contributed by atoms with Crippen molar-refractivity contribution >= 4 is 45.0 Å². The Morgan fingerprint density at radius 2 is 2.07 bits per heavy atom. The summed E-state index contributed by atoms with van der Waals surface area (Å²) in [4.78, 5) is 8.63. The maximum atomic E-state index is 9.29. The normalized spacial score (nSPS) is 11.3. The van der Waals surface area contributed by atoms with Crippen molar-refractivity contribution in [3.63, 3.8) is 0 Å². The average molecular weight is 421 g/mol. The summed E-state index contributed by atoms with van der Waals surface area (Å²) >= 11 is 6.46. The molecule has 0 fully saturated rings. The number of halogens is 1. The first-order chi connectivity index (χ1) is 14.7. The molecular formula is C21H17ClN6O2. The highest BCUT2D eigenvalue weighted by Gasteiger charge is 2.11. The van der Waals surface area contributed by atoms with E-state index < -0.39 is 0 Å². The highest BCUT2D eigenvalue weighted by Crippen LogP contribution is 2.34. The van der Waals surface area contributed by atoms with E-state index in [4.69, 9.17) is 16.3 Å². The summed E-state index contributed by atoms with van der Waals surface area (Å²) in [6.07, 6.45) is 5.13. The number of H-pyrrole nitrogens is 1. The minimum atomic E-state index is 0.0281. The number of ether oxygens (including phenoxy) is 1. The van der Waals surface area contributed by atoms with Crippen LogP contribution >= 0.6 is 11.6 Å². The maximum Gasteiger partial charge on any atom is 0.158 e. The number of aromatic amines is 1. The zero-order valence-corrected chi connectivity index (χ0v) is 16.5. The molecule has 0 aliphatic heterocycles. The van der Waals surface area contributed by atoms with E-state index in [1.54, 1.807) is 18.3 Å².